The van der Waals surface area contributed by atoms with Gasteiger partial charge in [0.25, 0.3) is 17.3 Å². The van der Waals surface area contributed by atoms with Gasteiger partial charge in [-0.15, -0.1) is 0 Å². The number of hydrogen-bond acceptors (Lipinski definition) is 33. The van der Waals surface area contributed by atoms with E-state index in [0.29, 0.717) is 133 Å². The fourth-order valence-electron chi connectivity index (χ4n) is 19.9. The number of nitrogens with one attached hydrogen (secondary N) is 4. The molecule has 6 fully saturated rings. The number of amidine groups is 6. The highest BCUT2D eigenvalue weighted by atomic mass is 32.2. The lowest BCUT2D eigenvalue weighted by Gasteiger charge is -2.38. The summed E-state index contributed by atoms with van der Waals surface area (Å²) in [6.45, 7) is 30.0. The summed E-state index contributed by atoms with van der Waals surface area (Å²) in [7, 11) is 0. The minimum atomic E-state index is -1.16. The van der Waals surface area contributed by atoms with Crippen molar-refractivity contribution in [3.63, 3.8) is 0 Å². The number of nitro groups is 2. The first-order valence-corrected chi connectivity index (χ1v) is 52.8. The van der Waals surface area contributed by atoms with Crippen LogP contribution in [0.25, 0.3) is 0 Å². The van der Waals surface area contributed by atoms with Crippen LogP contribution in [0.15, 0.2) is 182 Å². The van der Waals surface area contributed by atoms with Crippen LogP contribution in [0.3, 0.4) is 0 Å². The third-order valence-corrected chi connectivity index (χ3v) is 32.8. The number of hydrogen-bond donors (Lipinski definition) is 8. The molecule has 0 unspecified atom stereocenters. The third kappa shape index (κ3) is 23.6. The van der Waals surface area contributed by atoms with Gasteiger partial charge in [0, 0.05) is 145 Å². The van der Waals surface area contributed by atoms with Crippen molar-refractivity contribution in [3.05, 3.63) is 246 Å². The van der Waals surface area contributed by atoms with Crippen molar-refractivity contribution in [2.45, 2.75) is 191 Å². The molecule has 145 heavy (non-hydrogen) atoms. The van der Waals surface area contributed by atoms with Crippen molar-refractivity contribution in [1.29, 1.82) is 0 Å². The number of fused-ring (bicyclic) bond motifs is 6. The molecule has 45 heteroatoms. The molecular formula is C100H118F6N16O17S6. The highest BCUT2D eigenvalue weighted by Crippen LogP contribution is 2.57. The number of benzene rings is 7. The van der Waals surface area contributed by atoms with Gasteiger partial charge in [-0.1, -0.05) is 125 Å². The molecule has 778 valence electrons. The van der Waals surface area contributed by atoms with Gasteiger partial charge in [0.15, 0.2) is 31.0 Å². The molecule has 0 saturated carbocycles. The molecule has 12 aliphatic rings. The molecule has 18 atom stereocenters. The first-order valence-electron chi connectivity index (χ1n) is 46.9. The third-order valence-electron chi connectivity index (χ3n) is 26.7. The van der Waals surface area contributed by atoms with Crippen LogP contribution in [0.2, 0.25) is 0 Å². The number of nitro benzene ring substituents is 2. The monoisotopic (exact) mass is 2120 g/mol. The highest BCUT2D eigenvalue weighted by molar-refractivity contribution is 8.15. The Morgan fingerprint density at radius 3 is 0.869 bits per heavy atom. The molecule has 12 aliphatic heterocycles. The maximum Gasteiger partial charge on any atom is 0.413 e. The average Bonchev–Trinajstić information content (AvgIpc) is 1.69. The van der Waals surface area contributed by atoms with Crippen LogP contribution in [0.4, 0.5) is 63.5 Å². The summed E-state index contributed by atoms with van der Waals surface area (Å²) in [6.07, 6.45) is -3.87. The molecule has 4 amide bonds. The van der Waals surface area contributed by atoms with Crippen molar-refractivity contribution in [2.75, 3.05) is 85.6 Å². The molecular weight excluding hydrogens is 2000 g/mol. The molecule has 0 aliphatic carbocycles. The van der Waals surface area contributed by atoms with Crippen molar-refractivity contribution >= 4 is 149 Å². The Balaban J connectivity index is 0.000000138. The highest BCUT2D eigenvalue weighted by Gasteiger charge is 2.61. The number of alkyl carbamates (subject to hydrolysis) is 3. The van der Waals surface area contributed by atoms with E-state index in [-0.39, 0.29) is 117 Å². The second-order valence-electron chi connectivity index (χ2n) is 39.4. The number of nitrogen functional groups attached to an aromatic ring is 2. The summed E-state index contributed by atoms with van der Waals surface area (Å²) in [5.74, 6) is 1.37. The van der Waals surface area contributed by atoms with E-state index in [4.69, 9.17) is 80.5 Å². The van der Waals surface area contributed by atoms with E-state index in [2.05, 4.69) is 36.2 Å². The lowest BCUT2D eigenvalue weighted by atomic mass is 9.77. The zero-order valence-corrected chi connectivity index (χ0v) is 87.3. The Kier molecular flexibility index (Phi) is 33.9. The SMILES string of the molecule is C[C@@H]1OC[C@H]2CSC(N)=N[C@]21c1cc([N+](=O)[O-])ccc1F.C[C@@H]1OC[C@H]2CSC(N)=N[C@]21c1ccccc1F.C[C@@H]1OC[C@H]2CSC(NC(=O)OC(C)(C)C)=N[C@]21c1cc(N)ccc1F.C[C@@H]1OC[C@H]2CSC(NC(=O)OC(C)(C)C)=N[C@]21c1cc(N)ccc1F.C[C@@H]1OC[C@H]2CSC(NC(=O)OC(C)(C)C)=N[C@]21c1cc([N+](=O)[O-])ccc1F.C[C@@H]1OC[C@H]2CSC(NC(=O)c3ccccc3)=N[C@]21c1ccccc1F. The lowest BCUT2D eigenvalue weighted by Crippen LogP contribution is -2.46. The van der Waals surface area contributed by atoms with Crippen LogP contribution in [0.5, 0.6) is 0 Å². The number of anilines is 2. The van der Waals surface area contributed by atoms with Crippen LogP contribution in [0.1, 0.15) is 148 Å². The van der Waals surface area contributed by atoms with E-state index >= 15 is 0 Å². The standard InChI is InChI=1S/C20H19FN2O2S.C18H22FN3O5S.2C18H24FN3O3S.C13H14FN3O3S.C13H15FN2OS/c1-13-20(16-9-5-6-10-17(16)21)15(11-25-13)12-26-19(23-20)22-18(24)14-7-3-2-4-8-14;1-10-18(13-7-12(22(24)25)5-6-14(13)19)11(8-26-10)9-28-15(21-18)20-16(23)27-17(2,3)4;2*1-10-18(13-7-12(20)5-6-14(13)19)11(8-24-10)9-26-15(22-18)21-16(23)25-17(2,3)4;1-7-13(8(5-20-7)6-21-12(15)16-13)10-4-9(17(18)19)2-3-11(10)14;1-8-13(10-4-2-3-5-11(10)14)9(6-17-8)7-18-12(15)16-13/h2-10,13,15H,11-12H2,1H3,(H,22,23,24);5-7,10-11H,8-9H2,1-4H3,(H,20,21,23);2*5-7,10-11H,8-9,20H2,1-4H3,(H,21,22,23);2-4,7-8H,5-6H2,1H3,(H2,15,16);2-5,8-9H,6-7H2,1H3,(H2,15,16)/t13-,15-,20-;3*10-,11-,18-;7-,8-,13-;8-,9-,13-/m000000/s1. The summed E-state index contributed by atoms with van der Waals surface area (Å²) >= 11 is 8.51. The van der Waals surface area contributed by atoms with E-state index in [1.165, 1.54) is 119 Å². The van der Waals surface area contributed by atoms with Gasteiger partial charge in [-0.3, -0.25) is 41.0 Å². The molecule has 19 rings (SSSR count). The van der Waals surface area contributed by atoms with Gasteiger partial charge in [0.05, 0.1) is 86.1 Å². The van der Waals surface area contributed by atoms with Crippen LogP contribution >= 0.6 is 70.6 Å². The quantitative estimate of drug-likeness (QED) is 0.0219. The largest absolute Gasteiger partial charge is 0.444 e. The molecule has 0 aromatic heterocycles. The predicted octanol–water partition coefficient (Wildman–Crippen LogP) is 17.9. The Morgan fingerprint density at radius 2 is 0.579 bits per heavy atom. The lowest BCUT2D eigenvalue weighted by molar-refractivity contribution is -0.385. The fraction of sp³-hybridized carbons (Fsp3) is 0.480. The molecule has 7 aromatic carbocycles. The van der Waals surface area contributed by atoms with Gasteiger partial charge < -0.3 is 70.9 Å². The molecule has 12 N–H and O–H groups in total. The molecule has 7 aromatic rings. The van der Waals surface area contributed by atoms with Gasteiger partial charge >= 0.3 is 18.3 Å². The number of non-ortho nitro benzene ring substituents is 2. The number of nitrogens with two attached hydrogens (primary N) is 4. The van der Waals surface area contributed by atoms with Crippen molar-refractivity contribution in [2.24, 2.45) is 76.9 Å². The number of carbonyl (C=O) groups is 4. The van der Waals surface area contributed by atoms with Crippen LogP contribution < -0.4 is 44.2 Å². The van der Waals surface area contributed by atoms with Gasteiger partial charge in [-0.25, -0.2) is 70.7 Å². The van der Waals surface area contributed by atoms with Crippen molar-refractivity contribution in [3.8, 4) is 0 Å². The molecule has 33 nitrogen and oxygen atoms in total. The summed E-state index contributed by atoms with van der Waals surface area (Å²) in [5.41, 5.74) is 19.4. The van der Waals surface area contributed by atoms with Gasteiger partial charge in [-0.2, -0.15) is 0 Å². The number of ether oxygens (including phenoxy) is 9. The van der Waals surface area contributed by atoms with E-state index in [1.807, 2.05) is 58.0 Å². The molecule has 6 saturated heterocycles. The zero-order valence-electron chi connectivity index (χ0n) is 82.4. The number of halogens is 6. The van der Waals surface area contributed by atoms with Crippen molar-refractivity contribution < 1.29 is 98.0 Å². The summed E-state index contributed by atoms with van der Waals surface area (Å²) < 4.78 is 138. The maximum absolute atomic E-state index is 14.8. The van der Waals surface area contributed by atoms with Gasteiger partial charge in [-0.05, 0) is 177 Å². The second-order valence-corrected chi connectivity index (χ2v) is 45.5. The summed E-state index contributed by atoms with van der Waals surface area (Å²) in [4.78, 5) is 97.9. The smallest absolute Gasteiger partial charge is 0.413 e. The Morgan fingerprint density at radius 1 is 0.338 bits per heavy atom. The molecule has 0 bridgehead atoms. The number of nitrogens with zero attached hydrogens (tertiary/aromatic N) is 8. The Hall–Kier alpha value is -10.7. The predicted molar refractivity (Wildman–Crippen MR) is 554 cm³/mol. The van der Waals surface area contributed by atoms with E-state index < -0.39 is 102 Å². The molecule has 12 heterocycles. The maximum atomic E-state index is 14.8. The number of rotatable bonds is 9. The number of amides is 4. The molecule has 0 radical (unpaired) electrons. The number of aliphatic imine (C=N–C) groups is 6. The summed E-state index contributed by atoms with van der Waals surface area (Å²) in [6, 6.07) is 38.3. The first kappa shape index (κ1) is 110. The van der Waals surface area contributed by atoms with Gasteiger partial charge in [0.1, 0.15) is 84.9 Å². The number of carbonyl (C=O) groups excluding carboxylic acids is 4. The van der Waals surface area contributed by atoms with E-state index in [1.54, 1.807) is 125 Å². The van der Waals surface area contributed by atoms with Crippen LogP contribution in [-0.4, -0.2) is 193 Å². The first-order chi connectivity index (χ1) is 68.5. The Bertz CT molecular complexity index is 6100. The molecule has 0 spiro atoms. The van der Waals surface area contributed by atoms with E-state index in [9.17, 15) is 65.7 Å². The summed E-state index contributed by atoms with van der Waals surface area (Å²) in [5, 5.41) is 35.5. The Labute approximate surface area is 861 Å². The fourth-order valence-corrected chi connectivity index (χ4v) is 26.1. The zero-order chi connectivity index (χ0) is 105. The van der Waals surface area contributed by atoms with Crippen LogP contribution in [-0.2, 0) is 75.9 Å². The van der Waals surface area contributed by atoms with E-state index in [0.717, 1.165) is 30.0 Å². The number of thioether (sulfide) groups is 6. The van der Waals surface area contributed by atoms with Crippen molar-refractivity contribution in [1.82, 2.24) is 21.3 Å². The minimum Gasteiger partial charge on any atom is -0.444 e. The van der Waals surface area contributed by atoms with Gasteiger partial charge in [0.2, 0.25) is 0 Å². The normalized spacial score (nSPS) is 29.2. The minimum absolute atomic E-state index is 0.0111. The average molecular weight is 2120 g/mol. The topological polar surface area (TPSA) is 464 Å². The van der Waals surface area contributed by atoms with Crippen LogP contribution in [0, 0.1) is 90.6 Å². The second kappa shape index (κ2) is 44.8.